The maximum Gasteiger partial charge on any atom is 0.0278 e. The highest BCUT2D eigenvalue weighted by atomic mass is 15.3. The van der Waals surface area contributed by atoms with Crippen molar-refractivity contribution in [3.8, 4) is 0 Å². The normalized spacial score (nSPS) is 25.9. The van der Waals surface area contributed by atoms with Gasteiger partial charge >= 0.3 is 0 Å². The van der Waals surface area contributed by atoms with Crippen molar-refractivity contribution in [2.45, 2.75) is 57.5 Å². The molecule has 1 atom stereocenters. The van der Waals surface area contributed by atoms with Crippen LogP contribution in [0.15, 0.2) is 30.3 Å². The Morgan fingerprint density at radius 1 is 1.14 bits per heavy atom. The first-order valence-corrected chi connectivity index (χ1v) is 8.67. The van der Waals surface area contributed by atoms with Crippen molar-refractivity contribution in [2.24, 2.45) is 5.92 Å². The number of rotatable bonds is 6. The quantitative estimate of drug-likeness (QED) is 0.806. The van der Waals surface area contributed by atoms with Gasteiger partial charge in [0.15, 0.2) is 0 Å². The fourth-order valence-corrected chi connectivity index (χ4v) is 3.53. The van der Waals surface area contributed by atoms with E-state index in [0.29, 0.717) is 5.54 Å². The maximum atomic E-state index is 3.78. The highest BCUT2D eigenvalue weighted by Gasteiger charge is 2.39. The molecule has 0 radical (unpaired) electrons. The second-order valence-electron chi connectivity index (χ2n) is 7.53. The lowest BCUT2D eigenvalue weighted by atomic mass is 9.95. The molecule has 0 aromatic heterocycles. The van der Waals surface area contributed by atoms with Crippen LogP contribution in [0.2, 0.25) is 0 Å². The summed E-state index contributed by atoms with van der Waals surface area (Å²) in [4.78, 5) is 2.73. The summed E-state index contributed by atoms with van der Waals surface area (Å²) in [5, 5.41) is 3.78. The predicted molar refractivity (Wildman–Crippen MR) is 89.5 cm³/mol. The lowest BCUT2D eigenvalue weighted by Crippen LogP contribution is -2.62. The van der Waals surface area contributed by atoms with Crippen molar-refractivity contribution in [1.82, 2.24) is 10.2 Å². The molecule has 1 heterocycles. The van der Waals surface area contributed by atoms with Crippen LogP contribution < -0.4 is 5.32 Å². The Morgan fingerprint density at radius 3 is 2.62 bits per heavy atom. The van der Waals surface area contributed by atoms with Crippen molar-refractivity contribution in [1.29, 1.82) is 0 Å². The Kier molecular flexibility index (Phi) is 4.66. The highest BCUT2D eigenvalue weighted by molar-refractivity contribution is 5.14. The average Bonchev–Trinajstić information content (AvgIpc) is 3.30. The highest BCUT2D eigenvalue weighted by Crippen LogP contribution is 2.35. The second kappa shape index (κ2) is 6.50. The van der Waals surface area contributed by atoms with Crippen LogP contribution in [0.4, 0.5) is 0 Å². The van der Waals surface area contributed by atoms with Crippen molar-refractivity contribution < 1.29 is 0 Å². The second-order valence-corrected chi connectivity index (χ2v) is 7.53. The summed E-state index contributed by atoms with van der Waals surface area (Å²) in [5.41, 5.74) is 1.80. The summed E-state index contributed by atoms with van der Waals surface area (Å²) in [7, 11) is 0. The van der Waals surface area contributed by atoms with Crippen LogP contribution in [0.3, 0.4) is 0 Å². The fraction of sp³-hybridized carbons (Fsp3) is 0.684. The van der Waals surface area contributed by atoms with Gasteiger partial charge in [-0.3, -0.25) is 4.90 Å². The number of piperazine rings is 1. The molecule has 3 rings (SSSR count). The van der Waals surface area contributed by atoms with Gasteiger partial charge in [-0.05, 0) is 64.0 Å². The maximum absolute atomic E-state index is 3.78. The monoisotopic (exact) mass is 286 g/mol. The van der Waals surface area contributed by atoms with E-state index >= 15 is 0 Å². The number of hydrogen-bond donors (Lipinski definition) is 1. The molecule has 1 saturated heterocycles. The molecule has 0 bridgehead atoms. The van der Waals surface area contributed by atoms with Gasteiger partial charge < -0.3 is 5.32 Å². The van der Waals surface area contributed by atoms with Crippen LogP contribution in [0, 0.1) is 5.92 Å². The molecule has 0 spiro atoms. The third-order valence-electron chi connectivity index (χ3n) is 5.25. The molecule has 1 aliphatic heterocycles. The van der Waals surface area contributed by atoms with Gasteiger partial charge in [-0.2, -0.15) is 0 Å². The molecule has 0 amide bonds. The van der Waals surface area contributed by atoms with E-state index in [1.807, 2.05) is 0 Å². The number of unbranched alkanes of at least 4 members (excludes halogenated alkanes) is 1. The molecule has 1 N–H and O–H groups in total. The molecule has 1 aliphatic carbocycles. The number of nitrogens with one attached hydrogen (secondary N) is 1. The Hall–Kier alpha value is -0.860. The molecule has 2 heteroatoms. The van der Waals surface area contributed by atoms with Gasteiger partial charge in [-0.25, -0.2) is 0 Å². The van der Waals surface area contributed by atoms with E-state index in [9.17, 15) is 0 Å². The molecule has 2 fully saturated rings. The van der Waals surface area contributed by atoms with Crippen molar-refractivity contribution in [2.75, 3.05) is 19.6 Å². The lowest BCUT2D eigenvalue weighted by molar-refractivity contribution is 0.0592. The summed E-state index contributed by atoms with van der Waals surface area (Å²) >= 11 is 0. The minimum atomic E-state index is 0.318. The van der Waals surface area contributed by atoms with Crippen LogP contribution >= 0.6 is 0 Å². The van der Waals surface area contributed by atoms with Crippen LogP contribution in [0.5, 0.6) is 0 Å². The molecule has 1 aromatic carbocycles. The van der Waals surface area contributed by atoms with E-state index in [1.54, 1.807) is 0 Å². The van der Waals surface area contributed by atoms with E-state index in [0.717, 1.165) is 18.5 Å². The van der Waals surface area contributed by atoms with E-state index in [1.165, 1.54) is 50.8 Å². The number of aryl methyl sites for hydroxylation is 1. The van der Waals surface area contributed by atoms with Gasteiger partial charge in [-0.1, -0.05) is 30.3 Å². The molecule has 1 aromatic rings. The van der Waals surface area contributed by atoms with E-state index in [2.05, 4.69) is 54.4 Å². The van der Waals surface area contributed by atoms with E-state index in [-0.39, 0.29) is 0 Å². The van der Waals surface area contributed by atoms with Gasteiger partial charge in [0.25, 0.3) is 0 Å². The minimum Gasteiger partial charge on any atom is -0.311 e. The third kappa shape index (κ3) is 4.08. The number of nitrogens with zero attached hydrogens (tertiary/aromatic N) is 1. The zero-order valence-electron chi connectivity index (χ0n) is 13.6. The van der Waals surface area contributed by atoms with Gasteiger partial charge in [-0.15, -0.1) is 0 Å². The standard InChI is InChI=1S/C19H30N2/c1-19(2)15-20-18(17-11-12-17)14-21(19)13-7-6-10-16-8-4-3-5-9-16/h3-5,8-9,17-18,20H,6-7,10-15H2,1-2H3. The Labute approximate surface area is 129 Å². The summed E-state index contributed by atoms with van der Waals surface area (Å²) in [6.07, 6.45) is 6.73. The van der Waals surface area contributed by atoms with Gasteiger partial charge in [0.05, 0.1) is 0 Å². The SMILES string of the molecule is CC1(C)CNC(C2CC2)CN1CCCCc1ccccc1. The van der Waals surface area contributed by atoms with Gasteiger partial charge in [0.2, 0.25) is 0 Å². The third-order valence-corrected chi connectivity index (χ3v) is 5.25. The van der Waals surface area contributed by atoms with Crippen LogP contribution in [0.25, 0.3) is 0 Å². The fourth-order valence-electron chi connectivity index (χ4n) is 3.53. The molecule has 2 aliphatic rings. The first kappa shape index (κ1) is 15.1. The topological polar surface area (TPSA) is 15.3 Å². The molecule has 21 heavy (non-hydrogen) atoms. The number of benzene rings is 1. The first-order chi connectivity index (χ1) is 10.1. The molecule has 2 nitrogen and oxygen atoms in total. The summed E-state index contributed by atoms with van der Waals surface area (Å²) in [5.74, 6) is 0.966. The number of hydrogen-bond acceptors (Lipinski definition) is 2. The Bertz CT molecular complexity index is 436. The Morgan fingerprint density at radius 2 is 1.90 bits per heavy atom. The zero-order chi connectivity index (χ0) is 14.7. The average molecular weight is 286 g/mol. The van der Waals surface area contributed by atoms with E-state index < -0.39 is 0 Å². The Balaban J connectivity index is 1.44. The van der Waals surface area contributed by atoms with Crippen LogP contribution in [-0.2, 0) is 6.42 Å². The summed E-state index contributed by atoms with van der Waals surface area (Å²) in [6, 6.07) is 11.6. The van der Waals surface area contributed by atoms with Crippen LogP contribution in [0.1, 0.15) is 45.1 Å². The smallest absolute Gasteiger partial charge is 0.0278 e. The predicted octanol–water partition coefficient (Wildman–Crippen LogP) is 3.47. The lowest BCUT2D eigenvalue weighted by Gasteiger charge is -2.46. The van der Waals surface area contributed by atoms with Crippen molar-refractivity contribution >= 4 is 0 Å². The first-order valence-electron chi connectivity index (χ1n) is 8.67. The molecular weight excluding hydrogens is 256 g/mol. The van der Waals surface area contributed by atoms with Gasteiger partial charge in [0, 0.05) is 24.7 Å². The summed E-state index contributed by atoms with van der Waals surface area (Å²) in [6.45, 7) is 8.43. The molecular formula is C19H30N2. The molecule has 116 valence electrons. The van der Waals surface area contributed by atoms with Crippen molar-refractivity contribution in [3.63, 3.8) is 0 Å². The summed E-state index contributed by atoms with van der Waals surface area (Å²) < 4.78 is 0. The largest absolute Gasteiger partial charge is 0.311 e. The molecule has 1 unspecified atom stereocenters. The molecule has 1 saturated carbocycles. The van der Waals surface area contributed by atoms with Crippen LogP contribution in [-0.4, -0.2) is 36.1 Å². The minimum absolute atomic E-state index is 0.318. The van der Waals surface area contributed by atoms with Crippen molar-refractivity contribution in [3.05, 3.63) is 35.9 Å². The van der Waals surface area contributed by atoms with E-state index in [4.69, 9.17) is 0 Å². The zero-order valence-corrected chi connectivity index (χ0v) is 13.6. The van der Waals surface area contributed by atoms with Gasteiger partial charge in [0.1, 0.15) is 0 Å².